The molecule has 1 aromatic heterocycles. The molecule has 0 amide bonds. The molecule has 1 aromatic carbocycles. The monoisotopic (exact) mass is 439 g/mol. The average Bonchev–Trinajstić information content (AvgIpc) is 2.83. The van der Waals surface area contributed by atoms with Gasteiger partial charge in [-0.1, -0.05) is 90.0 Å². The number of rotatable bonds is 16. The Morgan fingerprint density at radius 2 is 1.53 bits per heavy atom. The molecule has 32 heavy (non-hydrogen) atoms. The lowest BCUT2D eigenvalue weighted by atomic mass is 10.0. The highest BCUT2D eigenvalue weighted by Crippen LogP contribution is 2.24. The van der Waals surface area contributed by atoms with E-state index in [9.17, 15) is 4.79 Å². The molecule has 2 rings (SSSR count). The van der Waals surface area contributed by atoms with Crippen LogP contribution in [0, 0.1) is 0 Å². The fourth-order valence-electron chi connectivity index (χ4n) is 3.71. The average molecular weight is 440 g/mol. The fourth-order valence-corrected chi connectivity index (χ4v) is 3.71. The third-order valence-corrected chi connectivity index (χ3v) is 5.75. The van der Waals surface area contributed by atoms with Gasteiger partial charge in [-0.05, 0) is 48.9 Å². The maximum Gasteiger partial charge on any atom is 0.357 e. The molecule has 0 saturated carbocycles. The third-order valence-electron chi connectivity index (χ3n) is 5.75. The van der Waals surface area contributed by atoms with Crippen LogP contribution in [0.2, 0.25) is 0 Å². The van der Waals surface area contributed by atoms with Gasteiger partial charge < -0.3 is 9.47 Å². The molecule has 0 N–H and O–H groups in total. The van der Waals surface area contributed by atoms with Crippen molar-refractivity contribution in [3.63, 3.8) is 0 Å². The van der Waals surface area contributed by atoms with Crippen LogP contribution < -0.4 is 4.74 Å². The summed E-state index contributed by atoms with van der Waals surface area (Å²) in [5.74, 6) is 0.288. The summed E-state index contributed by atoms with van der Waals surface area (Å²) in [7, 11) is 0. The van der Waals surface area contributed by atoms with Gasteiger partial charge >= 0.3 is 5.97 Å². The molecule has 0 aliphatic rings. The number of aromatic nitrogens is 1. The smallest absolute Gasteiger partial charge is 0.357 e. The van der Waals surface area contributed by atoms with E-state index in [-0.39, 0.29) is 6.10 Å². The van der Waals surface area contributed by atoms with Gasteiger partial charge in [-0.2, -0.15) is 0 Å². The SMILES string of the molecule is CCCCCCCCc1ccc(C(CC)OC(=O)c2ccc(OCCCCC)cn2)cc1. The number of carbonyl (C=O) groups excluding carboxylic acids is 1. The maximum atomic E-state index is 12.6. The van der Waals surface area contributed by atoms with Gasteiger partial charge in [0.1, 0.15) is 17.5 Å². The van der Waals surface area contributed by atoms with E-state index >= 15 is 0 Å². The Morgan fingerprint density at radius 1 is 0.844 bits per heavy atom. The lowest BCUT2D eigenvalue weighted by Crippen LogP contribution is -2.12. The fraction of sp³-hybridized carbons (Fsp3) is 0.571. The van der Waals surface area contributed by atoms with Crippen LogP contribution in [0.4, 0.5) is 0 Å². The zero-order chi connectivity index (χ0) is 23.0. The Morgan fingerprint density at radius 3 is 2.19 bits per heavy atom. The van der Waals surface area contributed by atoms with Crippen LogP contribution in [0.25, 0.3) is 0 Å². The van der Waals surface area contributed by atoms with Gasteiger partial charge in [-0.15, -0.1) is 0 Å². The number of hydrogen-bond donors (Lipinski definition) is 0. The van der Waals surface area contributed by atoms with E-state index in [4.69, 9.17) is 9.47 Å². The van der Waals surface area contributed by atoms with E-state index in [1.807, 2.05) is 6.92 Å². The molecule has 1 unspecified atom stereocenters. The second-order valence-corrected chi connectivity index (χ2v) is 8.50. The number of ether oxygens (including phenoxy) is 2. The number of aryl methyl sites for hydroxylation is 1. The van der Waals surface area contributed by atoms with Crippen molar-refractivity contribution in [1.82, 2.24) is 4.98 Å². The Bertz CT molecular complexity index is 755. The molecule has 2 aromatic rings. The van der Waals surface area contributed by atoms with Crippen molar-refractivity contribution in [3.05, 3.63) is 59.4 Å². The van der Waals surface area contributed by atoms with Gasteiger partial charge in [0, 0.05) is 0 Å². The number of unbranched alkanes of at least 4 members (excludes halogenated alkanes) is 7. The van der Waals surface area contributed by atoms with Crippen LogP contribution in [-0.4, -0.2) is 17.6 Å². The van der Waals surface area contributed by atoms with Crippen molar-refractivity contribution in [2.75, 3.05) is 6.61 Å². The van der Waals surface area contributed by atoms with Gasteiger partial charge in [0.25, 0.3) is 0 Å². The van der Waals surface area contributed by atoms with E-state index in [1.54, 1.807) is 18.3 Å². The predicted octanol–water partition coefficient (Wildman–Crippen LogP) is 7.86. The highest BCUT2D eigenvalue weighted by molar-refractivity contribution is 5.87. The Labute approximate surface area is 194 Å². The van der Waals surface area contributed by atoms with E-state index < -0.39 is 5.97 Å². The first-order chi connectivity index (χ1) is 15.7. The Balaban J connectivity index is 1.82. The molecular formula is C28H41NO3. The number of hydrogen-bond acceptors (Lipinski definition) is 4. The normalized spacial score (nSPS) is 11.8. The van der Waals surface area contributed by atoms with Gasteiger partial charge in [0.2, 0.25) is 0 Å². The quantitative estimate of drug-likeness (QED) is 0.197. The number of esters is 1. The molecule has 0 bridgehead atoms. The van der Waals surface area contributed by atoms with Gasteiger partial charge in [0.15, 0.2) is 0 Å². The highest BCUT2D eigenvalue weighted by Gasteiger charge is 2.17. The molecule has 1 heterocycles. The number of carbonyl (C=O) groups is 1. The minimum Gasteiger partial charge on any atom is -0.492 e. The lowest BCUT2D eigenvalue weighted by Gasteiger charge is -2.17. The van der Waals surface area contributed by atoms with E-state index in [0.29, 0.717) is 18.1 Å². The molecule has 0 radical (unpaired) electrons. The summed E-state index contributed by atoms with van der Waals surface area (Å²) in [5, 5.41) is 0. The molecule has 0 aliphatic heterocycles. The molecule has 4 nitrogen and oxygen atoms in total. The van der Waals surface area contributed by atoms with Crippen molar-refractivity contribution in [2.24, 2.45) is 0 Å². The third kappa shape index (κ3) is 9.42. The number of pyridine rings is 1. The lowest BCUT2D eigenvalue weighted by molar-refractivity contribution is 0.0281. The zero-order valence-electron chi connectivity index (χ0n) is 20.3. The highest BCUT2D eigenvalue weighted by atomic mass is 16.5. The van der Waals surface area contributed by atoms with Gasteiger partial charge in [-0.3, -0.25) is 0 Å². The van der Waals surface area contributed by atoms with Crippen molar-refractivity contribution in [3.8, 4) is 5.75 Å². The molecule has 176 valence electrons. The molecule has 0 fully saturated rings. The molecule has 0 saturated heterocycles. The Kier molecular flexibility index (Phi) is 12.5. The minimum absolute atomic E-state index is 0.266. The van der Waals surface area contributed by atoms with Gasteiger partial charge in [-0.25, -0.2) is 9.78 Å². The van der Waals surface area contributed by atoms with Crippen LogP contribution in [0.15, 0.2) is 42.6 Å². The zero-order valence-corrected chi connectivity index (χ0v) is 20.3. The van der Waals surface area contributed by atoms with E-state index in [1.165, 1.54) is 44.1 Å². The number of benzene rings is 1. The van der Waals surface area contributed by atoms with Crippen molar-refractivity contribution >= 4 is 5.97 Å². The van der Waals surface area contributed by atoms with Gasteiger partial charge in [0.05, 0.1) is 12.8 Å². The summed E-state index contributed by atoms with van der Waals surface area (Å²) in [5.41, 5.74) is 2.69. The summed E-state index contributed by atoms with van der Waals surface area (Å²) < 4.78 is 11.4. The summed E-state index contributed by atoms with van der Waals surface area (Å²) in [6.45, 7) is 7.12. The molecule has 0 aliphatic carbocycles. The van der Waals surface area contributed by atoms with Crippen molar-refractivity contribution in [2.45, 2.75) is 97.5 Å². The minimum atomic E-state index is -0.398. The van der Waals surface area contributed by atoms with Crippen LogP contribution in [0.5, 0.6) is 5.75 Å². The summed E-state index contributed by atoms with van der Waals surface area (Å²) >= 11 is 0. The topological polar surface area (TPSA) is 48.4 Å². The van der Waals surface area contributed by atoms with E-state index in [2.05, 4.69) is 43.1 Å². The summed E-state index contributed by atoms with van der Waals surface area (Å²) in [6, 6.07) is 12.0. The molecule has 1 atom stereocenters. The maximum absolute atomic E-state index is 12.6. The largest absolute Gasteiger partial charge is 0.492 e. The predicted molar refractivity (Wildman–Crippen MR) is 131 cm³/mol. The van der Waals surface area contributed by atoms with Crippen LogP contribution in [0.1, 0.15) is 113 Å². The summed E-state index contributed by atoms with van der Waals surface area (Å²) in [6.07, 6.45) is 14.4. The van der Waals surface area contributed by atoms with Crippen molar-refractivity contribution < 1.29 is 14.3 Å². The standard InChI is InChI=1S/C28H41NO3/c1-4-7-9-10-11-12-14-23-15-17-24(18-16-23)27(6-3)32-28(30)26-20-19-25(22-29-26)31-21-13-8-5-2/h15-20,22,27H,4-14,21H2,1-3H3. The van der Waals surface area contributed by atoms with E-state index in [0.717, 1.165) is 37.7 Å². The first-order valence-corrected chi connectivity index (χ1v) is 12.6. The molecule has 4 heteroatoms. The first kappa shape index (κ1) is 25.9. The van der Waals surface area contributed by atoms with Crippen molar-refractivity contribution in [1.29, 1.82) is 0 Å². The Hall–Kier alpha value is -2.36. The summed E-state index contributed by atoms with van der Waals surface area (Å²) in [4.78, 5) is 16.8. The van der Waals surface area contributed by atoms with Crippen LogP contribution in [-0.2, 0) is 11.2 Å². The van der Waals surface area contributed by atoms with Crippen LogP contribution in [0.3, 0.4) is 0 Å². The second-order valence-electron chi connectivity index (χ2n) is 8.50. The molecular weight excluding hydrogens is 398 g/mol. The molecule has 0 spiro atoms. The first-order valence-electron chi connectivity index (χ1n) is 12.6. The second kappa shape index (κ2) is 15.4. The number of nitrogens with zero attached hydrogens (tertiary/aromatic N) is 1. The van der Waals surface area contributed by atoms with Crippen LogP contribution >= 0.6 is 0 Å².